The number of ether oxygens (including phenoxy) is 2. The minimum atomic E-state index is -3.54. The molecule has 0 aromatic heterocycles. The third-order valence-electron chi connectivity index (χ3n) is 6.07. The highest BCUT2D eigenvalue weighted by Crippen LogP contribution is 2.52. The van der Waals surface area contributed by atoms with Crippen LogP contribution in [0.3, 0.4) is 0 Å². The molecule has 2 atom stereocenters. The largest absolute Gasteiger partial charge is 0.493 e. The zero-order valence-electron chi connectivity index (χ0n) is 21.5. The van der Waals surface area contributed by atoms with Crippen molar-refractivity contribution < 1.29 is 28.7 Å². The maximum absolute atomic E-state index is 12.6. The van der Waals surface area contributed by atoms with Crippen molar-refractivity contribution in [3.63, 3.8) is 0 Å². The second kappa shape index (κ2) is 11.6. The van der Waals surface area contributed by atoms with Crippen LogP contribution in [0.25, 0.3) is 0 Å². The standard InChI is InChI=1S/C24H43NO6PSi/c1-9-19-18(5)21-14-30-24(26)22(21)23(29-12-13-33(6,7)8)20(19)11-10-17(4)15-32(27,28)31-25-16(2)3/h10,16,18,21,25,27-28H,9,11-15H2,1-8H3/q+1. The Balaban J connectivity index is 2.30. The van der Waals surface area contributed by atoms with E-state index in [0.717, 1.165) is 23.6 Å². The minimum absolute atomic E-state index is 0.0180. The summed E-state index contributed by atoms with van der Waals surface area (Å²) in [7, 11) is -4.84. The van der Waals surface area contributed by atoms with Gasteiger partial charge in [0.05, 0.1) is 18.8 Å². The Labute approximate surface area is 200 Å². The van der Waals surface area contributed by atoms with Crippen LogP contribution >= 0.6 is 7.94 Å². The van der Waals surface area contributed by atoms with Crippen LogP contribution in [-0.2, 0) is 18.9 Å². The number of hydrogen-bond donors (Lipinski definition) is 3. The molecule has 1 fully saturated rings. The summed E-state index contributed by atoms with van der Waals surface area (Å²) in [6, 6.07) is 0.987. The van der Waals surface area contributed by atoms with Crippen molar-refractivity contribution >= 4 is 22.0 Å². The lowest BCUT2D eigenvalue weighted by Gasteiger charge is -2.32. The van der Waals surface area contributed by atoms with E-state index in [1.54, 1.807) is 0 Å². The first-order valence-electron chi connectivity index (χ1n) is 12.0. The van der Waals surface area contributed by atoms with Crippen LogP contribution in [0.4, 0.5) is 0 Å². The molecule has 0 spiro atoms. The molecule has 0 saturated carbocycles. The number of rotatable bonds is 12. The Kier molecular flexibility index (Phi) is 9.92. The molecule has 2 unspecified atom stereocenters. The molecule has 0 aromatic rings. The van der Waals surface area contributed by atoms with E-state index in [9.17, 15) is 14.6 Å². The van der Waals surface area contributed by atoms with E-state index in [2.05, 4.69) is 39.0 Å². The van der Waals surface area contributed by atoms with Crippen LogP contribution in [0.2, 0.25) is 25.7 Å². The number of fused-ring (bicyclic) bond motifs is 1. The van der Waals surface area contributed by atoms with Crippen molar-refractivity contribution in [1.82, 2.24) is 5.48 Å². The maximum Gasteiger partial charge on any atom is 0.433 e. The average Bonchev–Trinajstić information content (AvgIpc) is 3.07. The fourth-order valence-corrected chi connectivity index (χ4v) is 6.17. The minimum Gasteiger partial charge on any atom is -0.493 e. The molecule has 1 aliphatic carbocycles. The number of nitrogens with one attached hydrogen (secondary N) is 1. The average molecular weight is 501 g/mol. The van der Waals surface area contributed by atoms with Gasteiger partial charge in [-0.1, -0.05) is 49.8 Å². The molecule has 2 rings (SSSR count). The molecule has 2 aliphatic rings. The Hall–Kier alpha value is -1.02. The molecule has 0 amide bonds. The van der Waals surface area contributed by atoms with Crippen molar-refractivity contribution in [2.24, 2.45) is 11.8 Å². The first kappa shape index (κ1) is 28.2. The van der Waals surface area contributed by atoms with E-state index >= 15 is 0 Å². The van der Waals surface area contributed by atoms with Gasteiger partial charge in [0.25, 0.3) is 0 Å². The van der Waals surface area contributed by atoms with Crippen LogP contribution in [-0.4, -0.2) is 49.2 Å². The smallest absolute Gasteiger partial charge is 0.433 e. The number of carbonyl (C=O) groups excluding carboxylic acids is 1. The normalized spacial score (nSPS) is 22.3. The Morgan fingerprint density at radius 2 is 2.00 bits per heavy atom. The number of hydrogen-bond acceptors (Lipinski definition) is 7. The summed E-state index contributed by atoms with van der Waals surface area (Å²) in [6.07, 6.45) is 3.45. The topological polar surface area (TPSA) is 97.3 Å². The lowest BCUT2D eigenvalue weighted by atomic mass is 9.74. The summed E-state index contributed by atoms with van der Waals surface area (Å²) in [4.78, 5) is 33.1. The number of cyclic esters (lactones) is 1. The number of allylic oxidation sites excluding steroid dienone is 4. The van der Waals surface area contributed by atoms with Gasteiger partial charge in [0.15, 0.2) is 6.16 Å². The molecule has 9 heteroatoms. The summed E-state index contributed by atoms with van der Waals surface area (Å²) in [6.45, 7) is 17.8. The highest BCUT2D eigenvalue weighted by atomic mass is 31.2. The zero-order chi connectivity index (χ0) is 25.0. The molecular weight excluding hydrogens is 457 g/mol. The van der Waals surface area contributed by atoms with Crippen molar-refractivity contribution in [3.8, 4) is 0 Å². The van der Waals surface area contributed by atoms with Gasteiger partial charge >= 0.3 is 13.9 Å². The number of esters is 1. The monoisotopic (exact) mass is 500 g/mol. The Morgan fingerprint density at radius 3 is 2.58 bits per heavy atom. The predicted octanol–water partition coefficient (Wildman–Crippen LogP) is 5.14. The van der Waals surface area contributed by atoms with Crippen LogP contribution in [0, 0.1) is 11.8 Å². The predicted molar refractivity (Wildman–Crippen MR) is 136 cm³/mol. The van der Waals surface area contributed by atoms with Gasteiger partial charge in [-0.3, -0.25) is 0 Å². The van der Waals surface area contributed by atoms with Crippen LogP contribution < -0.4 is 5.48 Å². The van der Waals surface area contributed by atoms with Crippen molar-refractivity contribution in [2.45, 2.75) is 79.2 Å². The maximum atomic E-state index is 12.6. The first-order chi connectivity index (χ1) is 15.3. The molecule has 0 radical (unpaired) electrons. The van der Waals surface area contributed by atoms with Crippen molar-refractivity contribution in [1.29, 1.82) is 0 Å². The summed E-state index contributed by atoms with van der Waals surface area (Å²) in [5.74, 6) is 0.649. The fraction of sp³-hybridized carbons (Fsp3) is 0.708. The quantitative estimate of drug-likeness (QED) is 0.112. The molecule has 1 heterocycles. The van der Waals surface area contributed by atoms with Gasteiger partial charge in [-0.15, -0.1) is 0 Å². The van der Waals surface area contributed by atoms with Gasteiger partial charge in [-0.05, 0) is 56.7 Å². The fourth-order valence-electron chi connectivity index (χ4n) is 4.23. The number of carbonyl (C=O) groups is 1. The van der Waals surface area contributed by atoms with E-state index in [1.165, 1.54) is 5.57 Å². The van der Waals surface area contributed by atoms with E-state index in [4.69, 9.17) is 14.1 Å². The lowest BCUT2D eigenvalue weighted by molar-refractivity contribution is -0.135. The SMILES string of the molecule is CCC1=C(CC=C(C)C[P+](O)(O)ONC(C)C)C(OCC[Si](C)(C)C)=C2C(=O)OCC2C1C. The van der Waals surface area contributed by atoms with Crippen molar-refractivity contribution in [3.05, 3.63) is 34.1 Å². The highest BCUT2D eigenvalue weighted by Gasteiger charge is 2.44. The summed E-state index contributed by atoms with van der Waals surface area (Å²) < 4.78 is 16.9. The van der Waals surface area contributed by atoms with Crippen molar-refractivity contribution in [2.75, 3.05) is 19.4 Å². The van der Waals surface area contributed by atoms with Gasteiger partial charge < -0.3 is 9.47 Å². The molecule has 1 aliphatic heterocycles. The van der Waals surface area contributed by atoms with E-state index < -0.39 is 16.0 Å². The van der Waals surface area contributed by atoms with E-state index in [0.29, 0.717) is 31.0 Å². The molecule has 188 valence electrons. The third-order valence-corrected chi connectivity index (χ3v) is 9.08. The second-order valence-corrected chi connectivity index (χ2v) is 18.1. The van der Waals surface area contributed by atoms with E-state index in [-0.39, 0.29) is 30.0 Å². The molecule has 0 bridgehead atoms. The first-order valence-corrected chi connectivity index (χ1v) is 17.5. The van der Waals surface area contributed by atoms with Crippen LogP contribution in [0.15, 0.2) is 34.1 Å². The van der Waals surface area contributed by atoms with Gasteiger partial charge in [0, 0.05) is 20.0 Å². The van der Waals surface area contributed by atoms with Crippen LogP contribution in [0.5, 0.6) is 0 Å². The molecule has 33 heavy (non-hydrogen) atoms. The second-order valence-electron chi connectivity index (χ2n) is 10.7. The summed E-state index contributed by atoms with van der Waals surface area (Å²) >= 11 is 0. The zero-order valence-corrected chi connectivity index (χ0v) is 23.4. The van der Waals surface area contributed by atoms with Crippen LogP contribution in [0.1, 0.15) is 47.5 Å². The molecule has 1 saturated heterocycles. The highest BCUT2D eigenvalue weighted by molar-refractivity contribution is 7.59. The molecular formula is C24H43NO6PSi+. The van der Waals surface area contributed by atoms with Gasteiger partial charge in [0.1, 0.15) is 5.76 Å². The van der Waals surface area contributed by atoms with Gasteiger partial charge in [0.2, 0.25) is 0 Å². The molecule has 7 nitrogen and oxygen atoms in total. The number of hydroxylamine groups is 1. The van der Waals surface area contributed by atoms with Gasteiger partial charge in [-0.25, -0.2) is 4.79 Å². The van der Waals surface area contributed by atoms with E-state index in [1.807, 2.05) is 26.8 Å². The third kappa shape index (κ3) is 8.01. The molecule has 3 N–H and O–H groups in total. The Bertz CT molecular complexity index is 812. The molecule has 0 aromatic carbocycles. The Morgan fingerprint density at radius 1 is 1.33 bits per heavy atom. The summed E-state index contributed by atoms with van der Waals surface area (Å²) in [5, 5.41) is 0. The van der Waals surface area contributed by atoms with Gasteiger partial charge in [-0.2, -0.15) is 15.3 Å². The summed E-state index contributed by atoms with van der Waals surface area (Å²) in [5.41, 5.74) is 6.43. The lowest BCUT2D eigenvalue weighted by Crippen LogP contribution is -2.27.